The summed E-state index contributed by atoms with van der Waals surface area (Å²) in [4.78, 5) is 24.3. The molecule has 1 heterocycles. The van der Waals surface area contributed by atoms with Gasteiger partial charge in [0.15, 0.2) is 0 Å². The van der Waals surface area contributed by atoms with Crippen LogP contribution in [0.3, 0.4) is 0 Å². The van der Waals surface area contributed by atoms with Gasteiger partial charge in [0.1, 0.15) is 5.75 Å². The van der Waals surface area contributed by atoms with Crippen LogP contribution in [0.5, 0.6) is 5.75 Å². The molecule has 3 rings (SSSR count). The summed E-state index contributed by atoms with van der Waals surface area (Å²) in [6, 6.07) is 11.3. The zero-order chi connectivity index (χ0) is 18.9. The molecule has 2 aromatic rings. The molecule has 2 aromatic carbocycles. The van der Waals surface area contributed by atoms with Crippen molar-refractivity contribution in [3.05, 3.63) is 48.5 Å². The molecule has 0 aliphatic carbocycles. The highest BCUT2D eigenvalue weighted by molar-refractivity contribution is 7.92. The lowest BCUT2D eigenvalue weighted by atomic mass is 10.1. The Labute approximate surface area is 149 Å². The van der Waals surface area contributed by atoms with Crippen LogP contribution in [0.1, 0.15) is 6.42 Å². The number of carboxylic acid groups (broad SMARTS) is 1. The van der Waals surface area contributed by atoms with Crippen LogP contribution >= 0.6 is 0 Å². The lowest BCUT2D eigenvalue weighted by Crippen LogP contribution is -2.25. The number of hydrogen-bond donors (Lipinski definition) is 3. The summed E-state index contributed by atoms with van der Waals surface area (Å²) >= 11 is 0. The minimum atomic E-state index is -3.87. The Kier molecular flexibility index (Phi) is 4.56. The first-order valence-electron chi connectivity index (χ1n) is 7.71. The average molecular weight is 376 g/mol. The number of nitrogens with zero attached hydrogens (tertiary/aromatic N) is 1. The van der Waals surface area contributed by atoms with Gasteiger partial charge < -0.3 is 15.1 Å². The molecule has 9 heteroatoms. The zero-order valence-corrected chi connectivity index (χ0v) is 14.3. The molecule has 136 valence electrons. The smallest absolute Gasteiger partial charge is 0.308 e. The van der Waals surface area contributed by atoms with E-state index in [1.165, 1.54) is 53.4 Å². The molecule has 1 unspecified atom stereocenters. The van der Waals surface area contributed by atoms with Gasteiger partial charge in [-0.15, -0.1) is 0 Å². The van der Waals surface area contributed by atoms with E-state index in [-0.39, 0.29) is 35.2 Å². The van der Waals surface area contributed by atoms with Crippen LogP contribution < -0.4 is 9.62 Å². The first-order valence-corrected chi connectivity index (χ1v) is 9.20. The zero-order valence-electron chi connectivity index (χ0n) is 13.5. The molecule has 8 nitrogen and oxygen atoms in total. The lowest BCUT2D eigenvalue weighted by molar-refractivity contribution is -0.141. The first-order chi connectivity index (χ1) is 12.3. The molecule has 1 amide bonds. The number of rotatable bonds is 5. The maximum atomic E-state index is 12.4. The number of carbonyl (C=O) groups is 2. The van der Waals surface area contributed by atoms with Crippen molar-refractivity contribution in [2.75, 3.05) is 16.2 Å². The standard InChI is InChI=1S/C17H16N2O6S/c20-14-3-1-2-12(9-14)18-26(24,25)15-6-4-13(5-7-15)19-10-11(17(22)23)8-16(19)21/h1-7,9,11,18,20H,8,10H2,(H,22,23). The van der Waals surface area contributed by atoms with Gasteiger partial charge in [-0.25, -0.2) is 8.42 Å². The molecular weight excluding hydrogens is 360 g/mol. The Morgan fingerprint density at radius 3 is 2.42 bits per heavy atom. The number of sulfonamides is 1. The Bertz CT molecular complexity index is 955. The van der Waals surface area contributed by atoms with Crippen molar-refractivity contribution in [2.45, 2.75) is 11.3 Å². The van der Waals surface area contributed by atoms with Gasteiger partial charge in [-0.1, -0.05) is 6.07 Å². The maximum absolute atomic E-state index is 12.4. The van der Waals surface area contributed by atoms with E-state index in [9.17, 15) is 23.1 Å². The van der Waals surface area contributed by atoms with Crippen molar-refractivity contribution in [1.82, 2.24) is 0 Å². The first kappa shape index (κ1) is 17.7. The fourth-order valence-electron chi connectivity index (χ4n) is 2.71. The topological polar surface area (TPSA) is 124 Å². The van der Waals surface area contributed by atoms with Gasteiger partial charge in [0.2, 0.25) is 5.91 Å². The fourth-order valence-corrected chi connectivity index (χ4v) is 3.76. The summed E-state index contributed by atoms with van der Waals surface area (Å²) < 4.78 is 27.1. The molecule has 0 spiro atoms. The van der Waals surface area contributed by atoms with Crippen molar-refractivity contribution in [3.63, 3.8) is 0 Å². The summed E-state index contributed by atoms with van der Waals surface area (Å²) in [7, 11) is -3.87. The average Bonchev–Trinajstić information content (AvgIpc) is 2.97. The third kappa shape index (κ3) is 3.62. The predicted molar refractivity (Wildman–Crippen MR) is 93.5 cm³/mol. The van der Waals surface area contributed by atoms with Crippen molar-refractivity contribution < 1.29 is 28.2 Å². The Hall–Kier alpha value is -3.07. The third-order valence-electron chi connectivity index (χ3n) is 4.03. The van der Waals surface area contributed by atoms with Gasteiger partial charge in [0, 0.05) is 24.7 Å². The van der Waals surface area contributed by atoms with E-state index in [2.05, 4.69) is 4.72 Å². The van der Waals surface area contributed by atoms with Gasteiger partial charge in [-0.05, 0) is 36.4 Å². The summed E-state index contributed by atoms with van der Waals surface area (Å²) in [5.41, 5.74) is 0.656. The Morgan fingerprint density at radius 2 is 1.85 bits per heavy atom. The number of aliphatic carboxylic acids is 1. The number of carboxylic acids is 1. The highest BCUT2D eigenvalue weighted by Gasteiger charge is 2.35. The Morgan fingerprint density at radius 1 is 1.15 bits per heavy atom. The number of carbonyl (C=O) groups excluding carboxylic acids is 1. The van der Waals surface area contributed by atoms with E-state index in [0.717, 1.165) is 0 Å². The van der Waals surface area contributed by atoms with Crippen LogP contribution in [-0.4, -0.2) is 37.1 Å². The van der Waals surface area contributed by atoms with Gasteiger partial charge in [-0.2, -0.15) is 0 Å². The quantitative estimate of drug-likeness (QED) is 0.729. The van der Waals surface area contributed by atoms with Gasteiger partial charge in [0.25, 0.3) is 10.0 Å². The monoisotopic (exact) mass is 376 g/mol. The molecular formula is C17H16N2O6S. The summed E-state index contributed by atoms with van der Waals surface area (Å²) in [5, 5.41) is 18.4. The van der Waals surface area contributed by atoms with E-state index in [1.807, 2.05) is 0 Å². The molecule has 1 aliphatic rings. The largest absolute Gasteiger partial charge is 0.508 e. The molecule has 26 heavy (non-hydrogen) atoms. The van der Waals surface area contributed by atoms with Crippen molar-refractivity contribution in [3.8, 4) is 5.75 Å². The van der Waals surface area contributed by atoms with Gasteiger partial charge in [-0.3, -0.25) is 14.3 Å². The summed E-state index contributed by atoms with van der Waals surface area (Å²) in [6.45, 7) is 0.0573. The van der Waals surface area contributed by atoms with E-state index in [1.54, 1.807) is 0 Å². The summed E-state index contributed by atoms with van der Waals surface area (Å²) in [5.74, 6) is -2.18. The van der Waals surface area contributed by atoms with Crippen molar-refractivity contribution >= 4 is 33.3 Å². The van der Waals surface area contributed by atoms with E-state index >= 15 is 0 Å². The van der Waals surface area contributed by atoms with Crippen LogP contribution in [0.15, 0.2) is 53.4 Å². The number of phenolic OH excluding ortho intramolecular Hbond substituents is 1. The number of amides is 1. The minimum Gasteiger partial charge on any atom is -0.508 e. The molecule has 1 aliphatic heterocycles. The van der Waals surface area contributed by atoms with Crippen LogP contribution in [-0.2, 0) is 19.6 Å². The second kappa shape index (κ2) is 6.68. The third-order valence-corrected chi connectivity index (χ3v) is 5.43. The van der Waals surface area contributed by atoms with E-state index in [4.69, 9.17) is 5.11 Å². The van der Waals surface area contributed by atoms with Crippen LogP contribution in [0.4, 0.5) is 11.4 Å². The number of aromatic hydroxyl groups is 1. The minimum absolute atomic E-state index is 0.0222. The highest BCUT2D eigenvalue weighted by Crippen LogP contribution is 2.27. The van der Waals surface area contributed by atoms with Crippen molar-refractivity contribution in [2.24, 2.45) is 5.92 Å². The molecule has 0 aromatic heterocycles. The number of nitrogens with one attached hydrogen (secondary N) is 1. The highest BCUT2D eigenvalue weighted by atomic mass is 32.2. The SMILES string of the molecule is O=C(O)C1CC(=O)N(c2ccc(S(=O)(=O)Nc3cccc(O)c3)cc2)C1. The molecule has 1 saturated heterocycles. The molecule has 1 fully saturated rings. The van der Waals surface area contributed by atoms with Crippen LogP contribution in [0, 0.1) is 5.92 Å². The maximum Gasteiger partial charge on any atom is 0.308 e. The second-order valence-corrected chi connectivity index (χ2v) is 7.58. The van der Waals surface area contributed by atoms with Crippen LogP contribution in [0.2, 0.25) is 0 Å². The number of hydrogen-bond acceptors (Lipinski definition) is 5. The number of anilines is 2. The normalized spacial score (nSPS) is 17.3. The molecule has 0 radical (unpaired) electrons. The fraction of sp³-hybridized carbons (Fsp3) is 0.176. The number of phenols is 1. The van der Waals surface area contributed by atoms with Crippen molar-refractivity contribution in [1.29, 1.82) is 0 Å². The molecule has 0 bridgehead atoms. The van der Waals surface area contributed by atoms with E-state index in [0.29, 0.717) is 5.69 Å². The van der Waals surface area contributed by atoms with Crippen LogP contribution in [0.25, 0.3) is 0 Å². The molecule has 3 N–H and O–H groups in total. The lowest BCUT2D eigenvalue weighted by Gasteiger charge is -2.16. The van der Waals surface area contributed by atoms with E-state index < -0.39 is 21.9 Å². The van der Waals surface area contributed by atoms with Gasteiger partial charge >= 0.3 is 5.97 Å². The van der Waals surface area contributed by atoms with Gasteiger partial charge in [0.05, 0.1) is 16.5 Å². The molecule has 1 atom stereocenters. The number of benzene rings is 2. The second-order valence-electron chi connectivity index (χ2n) is 5.89. The Balaban J connectivity index is 1.79. The molecule has 0 saturated carbocycles. The predicted octanol–water partition coefficient (Wildman–Crippen LogP) is 1.63. The summed E-state index contributed by atoms with van der Waals surface area (Å²) in [6.07, 6.45) is -0.0750.